The van der Waals surface area contributed by atoms with Crippen LogP contribution in [-0.4, -0.2) is 26.7 Å². The number of rotatable bonds is 8. The van der Waals surface area contributed by atoms with Gasteiger partial charge in [-0.2, -0.15) is 0 Å². The van der Waals surface area contributed by atoms with Crippen molar-refractivity contribution in [1.82, 2.24) is 14.3 Å². The van der Waals surface area contributed by atoms with Crippen molar-refractivity contribution < 1.29 is 9.53 Å². The molecule has 0 fully saturated rings. The minimum atomic E-state index is 0.0858. The third-order valence-corrected chi connectivity index (χ3v) is 5.53. The number of hydrogen-bond donors (Lipinski definition) is 0. The Hall–Kier alpha value is -3.12. The Morgan fingerprint density at radius 3 is 2.62 bits per heavy atom. The SMILES string of the molecule is CCN(Cc1ccc(OCc2ccccc2)cc1)C(=O)Cc1cn2ccsc2n1. The van der Waals surface area contributed by atoms with Gasteiger partial charge in [-0.05, 0) is 30.2 Å². The van der Waals surface area contributed by atoms with E-state index in [0.717, 1.165) is 27.5 Å². The first kappa shape index (κ1) is 19.2. The molecule has 0 bridgehead atoms. The zero-order valence-electron chi connectivity index (χ0n) is 16.3. The second kappa shape index (κ2) is 8.92. The van der Waals surface area contributed by atoms with Gasteiger partial charge in [-0.1, -0.05) is 42.5 Å². The topological polar surface area (TPSA) is 46.8 Å². The van der Waals surface area contributed by atoms with E-state index in [-0.39, 0.29) is 5.91 Å². The first-order valence-corrected chi connectivity index (χ1v) is 10.5. The van der Waals surface area contributed by atoms with Crippen LogP contribution in [0.1, 0.15) is 23.7 Å². The number of likely N-dealkylation sites (N-methyl/N-ethyl adjacent to an activating group) is 1. The highest BCUT2D eigenvalue weighted by atomic mass is 32.1. The van der Waals surface area contributed by atoms with Gasteiger partial charge in [-0.25, -0.2) is 4.98 Å². The highest BCUT2D eigenvalue weighted by Crippen LogP contribution is 2.17. The summed E-state index contributed by atoms with van der Waals surface area (Å²) in [5.74, 6) is 0.910. The van der Waals surface area contributed by atoms with E-state index in [0.29, 0.717) is 26.1 Å². The standard InChI is InChI=1S/C23H23N3O2S/c1-2-25(22(27)14-20-16-26-12-13-29-23(26)24-20)15-18-8-10-21(11-9-18)28-17-19-6-4-3-5-7-19/h3-13,16H,2,14-15,17H2,1H3. The predicted molar refractivity (Wildman–Crippen MR) is 115 cm³/mol. The van der Waals surface area contributed by atoms with Crippen molar-refractivity contribution in [1.29, 1.82) is 0 Å². The molecule has 0 N–H and O–H groups in total. The van der Waals surface area contributed by atoms with Gasteiger partial charge in [-0.15, -0.1) is 11.3 Å². The van der Waals surface area contributed by atoms with Crippen molar-refractivity contribution in [2.45, 2.75) is 26.5 Å². The highest BCUT2D eigenvalue weighted by molar-refractivity contribution is 7.15. The molecule has 0 aliphatic rings. The van der Waals surface area contributed by atoms with Crippen molar-refractivity contribution in [3.63, 3.8) is 0 Å². The van der Waals surface area contributed by atoms with Crippen LogP contribution < -0.4 is 4.74 Å². The minimum Gasteiger partial charge on any atom is -0.489 e. The molecule has 148 valence electrons. The van der Waals surface area contributed by atoms with Gasteiger partial charge in [0.2, 0.25) is 5.91 Å². The molecule has 1 amide bonds. The van der Waals surface area contributed by atoms with Gasteiger partial charge in [0.05, 0.1) is 12.1 Å². The summed E-state index contributed by atoms with van der Waals surface area (Å²) in [5, 5.41) is 1.99. The van der Waals surface area contributed by atoms with Crippen molar-refractivity contribution in [2.24, 2.45) is 0 Å². The molecule has 0 spiro atoms. The summed E-state index contributed by atoms with van der Waals surface area (Å²) in [6.07, 6.45) is 4.21. The van der Waals surface area contributed by atoms with Crippen LogP contribution in [0.2, 0.25) is 0 Å². The largest absolute Gasteiger partial charge is 0.489 e. The lowest BCUT2D eigenvalue weighted by Crippen LogP contribution is -2.31. The van der Waals surface area contributed by atoms with Gasteiger partial charge in [0.1, 0.15) is 12.4 Å². The quantitative estimate of drug-likeness (QED) is 0.432. The maximum Gasteiger partial charge on any atom is 0.228 e. The Balaban J connectivity index is 1.33. The Morgan fingerprint density at radius 1 is 1.10 bits per heavy atom. The third kappa shape index (κ3) is 4.84. The Morgan fingerprint density at radius 2 is 1.90 bits per heavy atom. The van der Waals surface area contributed by atoms with Gasteiger partial charge in [-0.3, -0.25) is 9.20 Å². The average Bonchev–Trinajstić information content (AvgIpc) is 3.34. The van der Waals surface area contributed by atoms with E-state index in [2.05, 4.69) is 4.98 Å². The zero-order chi connectivity index (χ0) is 20.1. The van der Waals surface area contributed by atoms with Crippen LogP contribution in [0.25, 0.3) is 4.96 Å². The summed E-state index contributed by atoms with van der Waals surface area (Å²) in [7, 11) is 0. The molecule has 0 radical (unpaired) electrons. The van der Waals surface area contributed by atoms with Gasteiger partial charge in [0.25, 0.3) is 0 Å². The summed E-state index contributed by atoms with van der Waals surface area (Å²) in [5.41, 5.74) is 3.03. The van der Waals surface area contributed by atoms with Gasteiger partial charge in [0.15, 0.2) is 4.96 Å². The molecular formula is C23H23N3O2S. The zero-order valence-corrected chi connectivity index (χ0v) is 17.1. The highest BCUT2D eigenvalue weighted by Gasteiger charge is 2.15. The lowest BCUT2D eigenvalue weighted by Gasteiger charge is -2.21. The fourth-order valence-corrected chi connectivity index (χ4v) is 3.88. The predicted octanol–water partition coefficient (Wildman–Crippen LogP) is 4.57. The van der Waals surface area contributed by atoms with Crippen LogP contribution in [0.15, 0.2) is 72.4 Å². The van der Waals surface area contributed by atoms with Gasteiger partial charge < -0.3 is 9.64 Å². The number of benzene rings is 2. The van der Waals surface area contributed by atoms with Crippen LogP contribution in [0.5, 0.6) is 5.75 Å². The smallest absolute Gasteiger partial charge is 0.228 e. The van der Waals surface area contributed by atoms with Crippen LogP contribution in [0.4, 0.5) is 0 Å². The van der Waals surface area contributed by atoms with Gasteiger partial charge in [0, 0.05) is 30.9 Å². The molecule has 29 heavy (non-hydrogen) atoms. The number of thiazole rings is 1. The van der Waals surface area contributed by atoms with E-state index in [9.17, 15) is 4.79 Å². The van der Waals surface area contributed by atoms with E-state index in [4.69, 9.17) is 4.74 Å². The average molecular weight is 406 g/mol. The minimum absolute atomic E-state index is 0.0858. The molecule has 0 saturated carbocycles. The molecule has 2 heterocycles. The summed E-state index contributed by atoms with van der Waals surface area (Å²) in [4.78, 5) is 20.0. The van der Waals surface area contributed by atoms with E-state index < -0.39 is 0 Å². The molecule has 0 saturated heterocycles. The first-order valence-electron chi connectivity index (χ1n) is 9.66. The Kier molecular flexibility index (Phi) is 5.91. The second-order valence-electron chi connectivity index (χ2n) is 6.83. The number of amides is 1. The summed E-state index contributed by atoms with van der Waals surface area (Å²) < 4.78 is 7.79. The number of nitrogens with zero attached hydrogens (tertiary/aromatic N) is 3. The molecular weight excluding hydrogens is 382 g/mol. The first-order chi connectivity index (χ1) is 14.2. The molecule has 0 atom stereocenters. The number of imidazole rings is 1. The monoisotopic (exact) mass is 405 g/mol. The van der Waals surface area contributed by atoms with Crippen molar-refractivity contribution in [3.8, 4) is 5.75 Å². The number of fused-ring (bicyclic) bond motifs is 1. The van der Waals surface area contributed by atoms with E-state index >= 15 is 0 Å². The molecule has 6 heteroatoms. The van der Waals surface area contributed by atoms with Crippen molar-refractivity contribution in [3.05, 3.63) is 89.2 Å². The molecule has 2 aromatic heterocycles. The Bertz CT molecular complexity index is 1040. The lowest BCUT2D eigenvalue weighted by atomic mass is 10.2. The summed E-state index contributed by atoms with van der Waals surface area (Å²) in [6.45, 7) is 3.78. The van der Waals surface area contributed by atoms with Gasteiger partial charge >= 0.3 is 0 Å². The summed E-state index contributed by atoms with van der Waals surface area (Å²) in [6, 6.07) is 18.0. The van der Waals surface area contributed by atoms with Crippen molar-refractivity contribution >= 4 is 22.2 Å². The maximum absolute atomic E-state index is 12.7. The number of ether oxygens (including phenoxy) is 1. The van der Waals surface area contributed by atoms with E-state index in [1.165, 1.54) is 0 Å². The van der Waals surface area contributed by atoms with Crippen LogP contribution in [0, 0.1) is 0 Å². The number of carbonyl (C=O) groups excluding carboxylic acids is 1. The fourth-order valence-electron chi connectivity index (χ4n) is 3.16. The molecule has 2 aromatic carbocycles. The maximum atomic E-state index is 12.7. The van der Waals surface area contributed by atoms with E-state index in [1.807, 2.05) is 88.6 Å². The van der Waals surface area contributed by atoms with Crippen LogP contribution in [-0.2, 0) is 24.4 Å². The Labute approximate surface area is 174 Å². The van der Waals surface area contributed by atoms with Crippen LogP contribution in [0.3, 0.4) is 0 Å². The lowest BCUT2D eigenvalue weighted by molar-refractivity contribution is -0.130. The third-order valence-electron chi connectivity index (χ3n) is 4.76. The number of hydrogen-bond acceptors (Lipinski definition) is 4. The second-order valence-corrected chi connectivity index (χ2v) is 7.70. The molecule has 4 aromatic rings. The molecule has 0 aliphatic heterocycles. The van der Waals surface area contributed by atoms with E-state index in [1.54, 1.807) is 11.3 Å². The number of aromatic nitrogens is 2. The molecule has 0 unspecified atom stereocenters. The summed E-state index contributed by atoms with van der Waals surface area (Å²) >= 11 is 1.57. The normalized spacial score (nSPS) is 10.9. The number of carbonyl (C=O) groups is 1. The fraction of sp³-hybridized carbons (Fsp3) is 0.217. The molecule has 0 aliphatic carbocycles. The van der Waals surface area contributed by atoms with Crippen molar-refractivity contribution in [2.75, 3.05) is 6.54 Å². The molecule has 4 rings (SSSR count). The van der Waals surface area contributed by atoms with Crippen LogP contribution >= 0.6 is 11.3 Å². The molecule has 5 nitrogen and oxygen atoms in total.